The molecular formula is C25H30ClFN2OSSi. The summed E-state index contributed by atoms with van der Waals surface area (Å²) in [6.07, 6.45) is 5.46. The van der Waals surface area contributed by atoms with Crippen molar-refractivity contribution in [3.05, 3.63) is 58.0 Å². The Kier molecular flexibility index (Phi) is 6.44. The molecule has 0 amide bonds. The van der Waals surface area contributed by atoms with Crippen molar-refractivity contribution in [2.24, 2.45) is 10.9 Å². The highest BCUT2D eigenvalue weighted by Crippen LogP contribution is 2.44. The quantitative estimate of drug-likeness (QED) is 0.233. The largest absolute Gasteiger partial charge is 0.408 e. The fourth-order valence-corrected chi connectivity index (χ4v) is 5.67. The van der Waals surface area contributed by atoms with Crippen LogP contribution in [0.1, 0.15) is 50.3 Å². The normalized spacial score (nSPS) is 17.2. The lowest BCUT2D eigenvalue weighted by Crippen LogP contribution is -2.46. The van der Waals surface area contributed by atoms with Crippen LogP contribution in [0.15, 0.2) is 35.5 Å². The average molecular weight is 489 g/mol. The first-order valence-corrected chi connectivity index (χ1v) is 14.9. The molecule has 1 saturated carbocycles. The van der Waals surface area contributed by atoms with E-state index in [2.05, 4.69) is 38.8 Å². The van der Waals surface area contributed by atoms with Crippen molar-refractivity contribution in [2.75, 3.05) is 0 Å². The molecule has 2 aliphatic rings. The van der Waals surface area contributed by atoms with Gasteiger partial charge in [-0.15, -0.1) is 0 Å². The molecule has 1 aromatic carbocycles. The zero-order valence-electron chi connectivity index (χ0n) is 19.3. The number of benzene rings is 1. The number of fused-ring (bicyclic) bond motifs is 1. The van der Waals surface area contributed by atoms with Crippen molar-refractivity contribution < 1.29 is 8.82 Å². The number of hydrogen-bond donors (Lipinski definition) is 0. The molecule has 32 heavy (non-hydrogen) atoms. The monoisotopic (exact) mass is 488 g/mol. The molecule has 0 bridgehead atoms. The van der Waals surface area contributed by atoms with Crippen LogP contribution < -0.4 is 0 Å². The molecular weight excluding hydrogens is 459 g/mol. The Morgan fingerprint density at radius 2 is 2.00 bits per heavy atom. The van der Waals surface area contributed by atoms with Gasteiger partial charge in [-0.05, 0) is 66.2 Å². The van der Waals surface area contributed by atoms with Crippen LogP contribution in [-0.2, 0) is 17.3 Å². The highest BCUT2D eigenvalue weighted by Gasteiger charge is 2.45. The van der Waals surface area contributed by atoms with Gasteiger partial charge in [-0.1, -0.05) is 50.7 Å². The molecule has 170 valence electrons. The van der Waals surface area contributed by atoms with Gasteiger partial charge < -0.3 is 4.43 Å². The van der Waals surface area contributed by atoms with Crippen LogP contribution >= 0.6 is 23.8 Å². The van der Waals surface area contributed by atoms with Crippen LogP contribution in [0.5, 0.6) is 0 Å². The summed E-state index contributed by atoms with van der Waals surface area (Å²) in [5, 5.41) is 0.263. The van der Waals surface area contributed by atoms with Gasteiger partial charge in [0.15, 0.2) is 14.1 Å². The van der Waals surface area contributed by atoms with E-state index in [1.807, 2.05) is 6.07 Å². The summed E-state index contributed by atoms with van der Waals surface area (Å²) in [5.41, 5.74) is 4.04. The predicted molar refractivity (Wildman–Crippen MR) is 137 cm³/mol. The first-order valence-electron chi connectivity index (χ1n) is 11.2. The number of pyridine rings is 1. The molecule has 1 aliphatic heterocycles. The molecule has 2 heterocycles. The van der Waals surface area contributed by atoms with Gasteiger partial charge in [0.1, 0.15) is 5.82 Å². The first kappa shape index (κ1) is 23.7. The number of rotatable bonds is 7. The van der Waals surface area contributed by atoms with E-state index < -0.39 is 14.1 Å². The van der Waals surface area contributed by atoms with Gasteiger partial charge in [-0.2, -0.15) is 0 Å². The zero-order chi connectivity index (χ0) is 23.3. The number of hydrogen-bond acceptors (Lipinski definition) is 4. The van der Waals surface area contributed by atoms with Gasteiger partial charge in [-0.3, -0.25) is 0 Å². The van der Waals surface area contributed by atoms with Crippen molar-refractivity contribution in [3.8, 4) is 0 Å². The van der Waals surface area contributed by atoms with Gasteiger partial charge in [0, 0.05) is 29.5 Å². The molecule has 1 fully saturated rings. The maximum Gasteiger partial charge on any atom is 0.192 e. The molecule has 1 unspecified atom stereocenters. The van der Waals surface area contributed by atoms with E-state index >= 15 is 0 Å². The van der Waals surface area contributed by atoms with E-state index in [9.17, 15) is 4.39 Å². The lowest BCUT2D eigenvalue weighted by Gasteiger charge is -2.39. The summed E-state index contributed by atoms with van der Waals surface area (Å²) in [6, 6.07) is 6.72. The fourth-order valence-electron chi connectivity index (χ4n) is 3.79. The smallest absolute Gasteiger partial charge is 0.192 e. The zero-order valence-corrected chi connectivity index (χ0v) is 21.9. The van der Waals surface area contributed by atoms with Crippen molar-refractivity contribution in [2.45, 2.75) is 70.7 Å². The second-order valence-electron chi connectivity index (χ2n) is 10.4. The lowest BCUT2D eigenvalue weighted by molar-refractivity contribution is 0.219. The van der Waals surface area contributed by atoms with Crippen molar-refractivity contribution >= 4 is 48.5 Å². The summed E-state index contributed by atoms with van der Waals surface area (Å²) >= 11 is 11.7. The van der Waals surface area contributed by atoms with E-state index in [0.717, 1.165) is 39.5 Å². The summed E-state index contributed by atoms with van der Waals surface area (Å²) in [7, 11) is -1.93. The molecule has 0 N–H and O–H groups in total. The number of halogens is 2. The maximum absolute atomic E-state index is 13.5. The molecule has 3 nitrogen and oxygen atoms in total. The fraction of sp³-hybridized carbons (Fsp3) is 0.480. The topological polar surface area (TPSA) is 34.5 Å². The molecule has 1 atom stereocenters. The average Bonchev–Trinajstić information content (AvgIpc) is 3.45. The number of aliphatic imine (C=N–C) groups is 1. The van der Waals surface area contributed by atoms with E-state index in [0.29, 0.717) is 12.3 Å². The van der Waals surface area contributed by atoms with Gasteiger partial charge in [-0.25, -0.2) is 14.4 Å². The number of aromatic nitrogens is 1. The second-order valence-corrected chi connectivity index (χ2v) is 16.1. The minimum absolute atomic E-state index is 0.0578. The van der Waals surface area contributed by atoms with E-state index in [-0.39, 0.29) is 16.2 Å². The molecule has 1 aliphatic carbocycles. The third-order valence-electron chi connectivity index (χ3n) is 6.90. The standard InChI is InChI=1S/C25H30ClFN2OSSi/c1-25(2,3)32(4,5)30-23(16-7-8-16)21-14-18-17(10-11-28-24(18)29-21)22(31)13-15-6-9-20(27)19(26)12-15/h6,9-12,16,23H,7-8,13-14H2,1-5H3. The summed E-state index contributed by atoms with van der Waals surface area (Å²) in [6.45, 7) is 11.4. The Hall–Kier alpha value is -1.47. The van der Waals surface area contributed by atoms with Gasteiger partial charge >= 0.3 is 0 Å². The van der Waals surface area contributed by atoms with Crippen molar-refractivity contribution in [1.82, 2.24) is 4.98 Å². The first-order chi connectivity index (χ1) is 15.0. The van der Waals surface area contributed by atoms with Crippen LogP contribution in [0.2, 0.25) is 23.2 Å². The lowest BCUT2D eigenvalue weighted by atomic mass is 9.97. The Morgan fingerprint density at radius 1 is 1.28 bits per heavy atom. The van der Waals surface area contributed by atoms with Crippen LogP contribution in [0.25, 0.3) is 0 Å². The third kappa shape index (κ3) is 4.88. The van der Waals surface area contributed by atoms with E-state index in [1.54, 1.807) is 18.3 Å². The van der Waals surface area contributed by atoms with Gasteiger partial charge in [0.05, 0.1) is 16.8 Å². The van der Waals surface area contributed by atoms with Crippen LogP contribution in [0.4, 0.5) is 10.2 Å². The minimum Gasteiger partial charge on any atom is -0.408 e. The second kappa shape index (κ2) is 8.71. The molecule has 1 aromatic heterocycles. The maximum atomic E-state index is 13.5. The third-order valence-corrected chi connectivity index (χ3v) is 12.0. The van der Waals surface area contributed by atoms with Gasteiger partial charge in [0.2, 0.25) is 0 Å². The van der Waals surface area contributed by atoms with Crippen molar-refractivity contribution in [1.29, 1.82) is 0 Å². The van der Waals surface area contributed by atoms with Crippen LogP contribution in [-0.4, -0.2) is 30.0 Å². The van der Waals surface area contributed by atoms with Crippen LogP contribution in [0, 0.1) is 11.7 Å². The number of thiocarbonyl (C=S) groups is 1. The molecule has 7 heteroatoms. The Labute approximate surface area is 201 Å². The van der Waals surface area contributed by atoms with Crippen molar-refractivity contribution in [3.63, 3.8) is 0 Å². The molecule has 4 rings (SSSR count). The summed E-state index contributed by atoms with van der Waals surface area (Å²) < 4.78 is 20.4. The van der Waals surface area contributed by atoms with Gasteiger partial charge in [0.25, 0.3) is 0 Å². The Bertz CT molecular complexity index is 1090. The SMILES string of the molecule is CC(C)(C)[Si](C)(C)OC(C1=Nc2nccc(C(=S)Cc3ccc(F)c(Cl)c3)c2C1)C1CC1. The van der Waals surface area contributed by atoms with Crippen LogP contribution in [0.3, 0.4) is 0 Å². The predicted octanol–water partition coefficient (Wildman–Crippen LogP) is 7.26. The summed E-state index contributed by atoms with van der Waals surface area (Å²) in [5.74, 6) is 0.882. The van der Waals surface area contributed by atoms with E-state index in [1.165, 1.54) is 18.9 Å². The molecule has 2 aromatic rings. The molecule has 0 spiro atoms. The molecule has 0 saturated heterocycles. The Balaban J connectivity index is 1.55. The summed E-state index contributed by atoms with van der Waals surface area (Å²) in [4.78, 5) is 10.2. The highest BCUT2D eigenvalue weighted by molar-refractivity contribution is 7.80. The minimum atomic E-state index is -1.93. The highest BCUT2D eigenvalue weighted by atomic mass is 35.5. The van der Waals surface area contributed by atoms with E-state index in [4.69, 9.17) is 33.2 Å². The number of nitrogens with zero attached hydrogens (tertiary/aromatic N) is 2. The Morgan fingerprint density at radius 3 is 2.62 bits per heavy atom. The molecule has 0 radical (unpaired) electrons.